The monoisotopic (exact) mass is 287 g/mol. The highest BCUT2D eigenvalue weighted by Gasteiger charge is 2.22. The fourth-order valence-electron chi connectivity index (χ4n) is 2.40. The van der Waals surface area contributed by atoms with Gasteiger partial charge in [-0.25, -0.2) is 4.79 Å². The van der Waals surface area contributed by atoms with Gasteiger partial charge in [0.1, 0.15) is 6.61 Å². The summed E-state index contributed by atoms with van der Waals surface area (Å²) in [5.74, 6) is 0. The first-order valence-corrected chi connectivity index (χ1v) is 6.74. The highest BCUT2D eigenvalue weighted by Crippen LogP contribution is 2.34. The number of cyclic esters (lactones) is 1. The summed E-state index contributed by atoms with van der Waals surface area (Å²) in [5, 5.41) is 0.758. The van der Waals surface area contributed by atoms with Crippen LogP contribution in [0.5, 0.6) is 0 Å². The Bertz CT molecular complexity index is 697. The summed E-state index contributed by atoms with van der Waals surface area (Å²) in [4.78, 5) is 13.0. The average molecular weight is 288 g/mol. The number of rotatable bonds is 1. The second-order valence-corrected chi connectivity index (χ2v) is 5.27. The van der Waals surface area contributed by atoms with Crippen LogP contribution in [0.15, 0.2) is 36.4 Å². The SMILES string of the molecule is Cc1cccc(-c2ccc3c(c2)COC(=O)N3C)c1Cl. The summed E-state index contributed by atoms with van der Waals surface area (Å²) in [5.41, 5.74) is 4.94. The Labute approximate surface area is 122 Å². The number of benzene rings is 2. The maximum Gasteiger partial charge on any atom is 0.414 e. The molecule has 0 fully saturated rings. The minimum Gasteiger partial charge on any atom is -0.444 e. The van der Waals surface area contributed by atoms with Crippen molar-refractivity contribution in [3.05, 3.63) is 52.5 Å². The first kappa shape index (κ1) is 13.0. The third-order valence-corrected chi connectivity index (χ3v) is 4.07. The minimum atomic E-state index is -0.321. The number of carbonyl (C=O) groups is 1. The second-order valence-electron chi connectivity index (χ2n) is 4.89. The van der Waals surface area contributed by atoms with Gasteiger partial charge in [0.15, 0.2) is 0 Å². The van der Waals surface area contributed by atoms with E-state index < -0.39 is 0 Å². The van der Waals surface area contributed by atoms with E-state index in [9.17, 15) is 4.79 Å². The standard InChI is InChI=1S/C16H14ClNO2/c1-10-4-3-5-13(15(10)17)11-6-7-14-12(8-11)9-20-16(19)18(14)2/h3-8H,9H2,1-2H3. The lowest BCUT2D eigenvalue weighted by Crippen LogP contribution is -2.31. The Morgan fingerprint density at radius 3 is 2.85 bits per heavy atom. The summed E-state index contributed by atoms with van der Waals surface area (Å²) < 4.78 is 5.12. The molecule has 0 N–H and O–H groups in total. The Kier molecular flexibility index (Phi) is 3.14. The molecule has 0 aliphatic carbocycles. The fourth-order valence-corrected chi connectivity index (χ4v) is 2.64. The number of aryl methyl sites for hydroxylation is 1. The van der Waals surface area contributed by atoms with Gasteiger partial charge in [0, 0.05) is 18.2 Å². The Morgan fingerprint density at radius 1 is 1.25 bits per heavy atom. The molecule has 0 unspecified atom stereocenters. The largest absolute Gasteiger partial charge is 0.444 e. The number of nitrogens with zero attached hydrogens (tertiary/aromatic N) is 1. The summed E-state index contributed by atoms with van der Waals surface area (Å²) in [6.45, 7) is 2.29. The molecule has 2 aromatic carbocycles. The van der Waals surface area contributed by atoms with Crippen molar-refractivity contribution in [2.75, 3.05) is 11.9 Å². The lowest BCUT2D eigenvalue weighted by atomic mass is 9.99. The van der Waals surface area contributed by atoms with Crippen LogP contribution in [0.2, 0.25) is 5.02 Å². The van der Waals surface area contributed by atoms with Gasteiger partial charge in [0.2, 0.25) is 0 Å². The zero-order valence-corrected chi connectivity index (χ0v) is 12.1. The molecule has 0 spiro atoms. The van der Waals surface area contributed by atoms with E-state index in [0.717, 1.165) is 33.0 Å². The molecule has 1 amide bonds. The van der Waals surface area contributed by atoms with E-state index in [4.69, 9.17) is 16.3 Å². The topological polar surface area (TPSA) is 29.5 Å². The van der Waals surface area contributed by atoms with E-state index in [-0.39, 0.29) is 6.09 Å². The van der Waals surface area contributed by atoms with Crippen LogP contribution in [0.3, 0.4) is 0 Å². The van der Waals surface area contributed by atoms with E-state index in [0.29, 0.717) is 6.61 Å². The third-order valence-electron chi connectivity index (χ3n) is 3.57. The molecular weight excluding hydrogens is 274 g/mol. The van der Waals surface area contributed by atoms with Crippen molar-refractivity contribution in [2.24, 2.45) is 0 Å². The Morgan fingerprint density at radius 2 is 2.05 bits per heavy atom. The number of amides is 1. The molecule has 1 aliphatic rings. The number of anilines is 1. The normalized spacial score (nSPS) is 13.9. The number of carbonyl (C=O) groups excluding carboxylic acids is 1. The highest BCUT2D eigenvalue weighted by atomic mass is 35.5. The van der Waals surface area contributed by atoms with Gasteiger partial charge in [-0.3, -0.25) is 4.90 Å². The van der Waals surface area contributed by atoms with Crippen LogP contribution in [0, 0.1) is 6.92 Å². The molecule has 0 atom stereocenters. The Hall–Kier alpha value is -2.00. The minimum absolute atomic E-state index is 0.301. The van der Waals surface area contributed by atoms with E-state index >= 15 is 0 Å². The maximum atomic E-state index is 11.5. The summed E-state index contributed by atoms with van der Waals surface area (Å²) in [7, 11) is 1.71. The molecule has 0 bridgehead atoms. The first-order valence-electron chi connectivity index (χ1n) is 6.37. The average Bonchev–Trinajstić information content (AvgIpc) is 2.46. The molecule has 102 valence electrons. The van der Waals surface area contributed by atoms with Crippen LogP contribution in [0.25, 0.3) is 11.1 Å². The van der Waals surface area contributed by atoms with E-state index in [2.05, 4.69) is 0 Å². The number of hydrogen-bond acceptors (Lipinski definition) is 2. The van der Waals surface area contributed by atoms with Gasteiger partial charge in [0.25, 0.3) is 0 Å². The first-order chi connectivity index (χ1) is 9.58. The van der Waals surface area contributed by atoms with Crippen molar-refractivity contribution in [2.45, 2.75) is 13.5 Å². The predicted molar refractivity (Wildman–Crippen MR) is 80.2 cm³/mol. The van der Waals surface area contributed by atoms with Crippen LogP contribution < -0.4 is 4.90 Å². The molecule has 20 heavy (non-hydrogen) atoms. The lowest BCUT2D eigenvalue weighted by molar-refractivity contribution is 0.143. The van der Waals surface area contributed by atoms with Crippen molar-refractivity contribution < 1.29 is 9.53 Å². The zero-order chi connectivity index (χ0) is 14.3. The van der Waals surface area contributed by atoms with Gasteiger partial charge in [-0.2, -0.15) is 0 Å². The van der Waals surface area contributed by atoms with Gasteiger partial charge in [-0.1, -0.05) is 35.9 Å². The van der Waals surface area contributed by atoms with Crippen molar-refractivity contribution >= 4 is 23.4 Å². The molecule has 2 aromatic rings. The van der Waals surface area contributed by atoms with Gasteiger partial charge < -0.3 is 4.74 Å². The predicted octanol–water partition coefficient (Wildman–Crippen LogP) is 4.40. The molecule has 3 nitrogen and oxygen atoms in total. The fraction of sp³-hybridized carbons (Fsp3) is 0.188. The molecule has 4 heteroatoms. The maximum absolute atomic E-state index is 11.5. The zero-order valence-electron chi connectivity index (χ0n) is 11.3. The number of fused-ring (bicyclic) bond motifs is 1. The van der Waals surface area contributed by atoms with Gasteiger partial charge >= 0.3 is 6.09 Å². The highest BCUT2D eigenvalue weighted by molar-refractivity contribution is 6.34. The molecule has 0 aromatic heterocycles. The Balaban J connectivity index is 2.09. The molecule has 0 saturated heterocycles. The smallest absolute Gasteiger partial charge is 0.414 e. The van der Waals surface area contributed by atoms with Gasteiger partial charge in [0.05, 0.1) is 10.7 Å². The van der Waals surface area contributed by atoms with Crippen LogP contribution in [0.1, 0.15) is 11.1 Å². The summed E-state index contributed by atoms with van der Waals surface area (Å²) in [6.07, 6.45) is -0.321. The van der Waals surface area contributed by atoms with Crippen LogP contribution in [-0.4, -0.2) is 13.1 Å². The van der Waals surface area contributed by atoms with Crippen molar-refractivity contribution in [1.29, 1.82) is 0 Å². The molecule has 1 aliphatic heterocycles. The van der Waals surface area contributed by atoms with Crippen LogP contribution in [-0.2, 0) is 11.3 Å². The number of ether oxygens (including phenoxy) is 1. The number of hydrogen-bond donors (Lipinski definition) is 0. The van der Waals surface area contributed by atoms with Crippen LogP contribution in [0.4, 0.5) is 10.5 Å². The number of halogens is 1. The molecule has 0 saturated carbocycles. The summed E-state index contributed by atoms with van der Waals surface area (Å²) in [6, 6.07) is 11.9. The van der Waals surface area contributed by atoms with Crippen molar-refractivity contribution in [3.63, 3.8) is 0 Å². The van der Waals surface area contributed by atoms with E-state index in [1.807, 2.05) is 43.3 Å². The van der Waals surface area contributed by atoms with Gasteiger partial charge in [-0.05, 0) is 30.2 Å². The van der Waals surface area contributed by atoms with Gasteiger partial charge in [-0.15, -0.1) is 0 Å². The second kappa shape index (κ2) is 4.84. The quantitative estimate of drug-likeness (QED) is 0.778. The molecular formula is C16H14ClNO2. The molecule has 0 radical (unpaired) electrons. The van der Waals surface area contributed by atoms with Crippen molar-refractivity contribution in [1.82, 2.24) is 0 Å². The molecule has 1 heterocycles. The van der Waals surface area contributed by atoms with E-state index in [1.54, 1.807) is 7.05 Å². The molecule has 3 rings (SSSR count). The van der Waals surface area contributed by atoms with Crippen LogP contribution >= 0.6 is 11.6 Å². The van der Waals surface area contributed by atoms with E-state index in [1.165, 1.54) is 4.90 Å². The van der Waals surface area contributed by atoms with Crippen molar-refractivity contribution in [3.8, 4) is 11.1 Å². The third kappa shape index (κ3) is 2.04. The lowest BCUT2D eigenvalue weighted by Gasteiger charge is -2.26. The summed E-state index contributed by atoms with van der Waals surface area (Å²) >= 11 is 6.37.